The lowest BCUT2D eigenvalue weighted by Gasteiger charge is -2.35. The maximum atomic E-state index is 13.1. The Kier molecular flexibility index (Phi) is 6.60. The van der Waals surface area contributed by atoms with Gasteiger partial charge in [0.1, 0.15) is 6.79 Å². The highest BCUT2D eigenvalue weighted by Gasteiger charge is 2.35. The minimum Gasteiger partial charge on any atom is -0.349 e. The predicted molar refractivity (Wildman–Crippen MR) is 105 cm³/mol. The van der Waals surface area contributed by atoms with Crippen LogP contribution in [-0.2, 0) is 14.3 Å². The van der Waals surface area contributed by atoms with E-state index in [0.717, 1.165) is 25.8 Å². The van der Waals surface area contributed by atoms with Crippen molar-refractivity contribution < 1.29 is 14.3 Å². The Labute approximate surface area is 162 Å². The van der Waals surface area contributed by atoms with Crippen molar-refractivity contribution in [3.8, 4) is 0 Å². The van der Waals surface area contributed by atoms with Crippen molar-refractivity contribution in [1.82, 2.24) is 4.90 Å². The minimum absolute atomic E-state index is 0.234. The molecule has 0 aromatic rings. The average molecular weight is 380 g/mol. The van der Waals surface area contributed by atoms with Gasteiger partial charge in [0, 0.05) is 17.8 Å². The number of hydrogen-bond donors (Lipinski definition) is 0. The number of allylic oxidation sites excluding steroid dienone is 1. The zero-order chi connectivity index (χ0) is 17.8. The molecule has 0 spiro atoms. The zero-order valence-electron chi connectivity index (χ0n) is 15.8. The largest absolute Gasteiger partial charge is 0.349 e. The molecule has 0 aromatic heterocycles. The van der Waals surface area contributed by atoms with Gasteiger partial charge in [0.05, 0.1) is 12.2 Å². The lowest BCUT2D eigenvalue weighted by molar-refractivity contribution is -0.129. The molecule has 0 N–H and O–H groups in total. The first kappa shape index (κ1) is 18.8. The van der Waals surface area contributed by atoms with Crippen molar-refractivity contribution in [2.45, 2.75) is 87.7 Å². The van der Waals surface area contributed by atoms with Crippen LogP contribution in [0.25, 0.3) is 0 Å². The summed E-state index contributed by atoms with van der Waals surface area (Å²) in [5, 5.41) is 0.647. The SMILES string of the molecule is O=C(/C=C/C1CCC2OCOC2C1)N(CC1CCCS1)C1CCCCC1. The molecule has 146 valence electrons. The van der Waals surface area contributed by atoms with Gasteiger partial charge in [-0.1, -0.05) is 25.3 Å². The average Bonchev–Trinajstić information content (AvgIpc) is 3.36. The number of carbonyl (C=O) groups excluding carboxylic acids is 1. The van der Waals surface area contributed by atoms with Gasteiger partial charge in [-0.2, -0.15) is 11.8 Å². The standard InChI is InChI=1S/C21H33NO3S/c23-21(11-9-16-8-10-19-20(13-16)25-15-24-19)22(14-18-7-4-12-26-18)17-5-2-1-3-6-17/h9,11,16-20H,1-8,10,12-15H2/b11-9+. The van der Waals surface area contributed by atoms with Crippen LogP contribution in [-0.4, -0.2) is 53.4 Å². The monoisotopic (exact) mass is 379 g/mol. The molecule has 4 fully saturated rings. The normalized spacial score (nSPS) is 35.7. The van der Waals surface area contributed by atoms with Crippen molar-refractivity contribution in [3.63, 3.8) is 0 Å². The second-order valence-electron chi connectivity index (χ2n) is 8.38. The summed E-state index contributed by atoms with van der Waals surface area (Å²) in [7, 11) is 0. The van der Waals surface area contributed by atoms with Crippen molar-refractivity contribution >= 4 is 17.7 Å². The molecule has 0 aromatic carbocycles. The molecule has 0 radical (unpaired) electrons. The predicted octanol–water partition coefficient (Wildman–Crippen LogP) is 4.14. The fourth-order valence-corrected chi connectivity index (χ4v) is 6.29. The Bertz CT molecular complexity index is 499. The summed E-state index contributed by atoms with van der Waals surface area (Å²) in [6.07, 6.45) is 16.6. The highest BCUT2D eigenvalue weighted by Crippen LogP contribution is 2.33. The van der Waals surface area contributed by atoms with E-state index in [1.54, 1.807) is 0 Å². The van der Waals surface area contributed by atoms with E-state index in [9.17, 15) is 4.79 Å². The van der Waals surface area contributed by atoms with Gasteiger partial charge in [0.15, 0.2) is 0 Å². The molecule has 4 atom stereocenters. The first-order chi connectivity index (χ1) is 12.8. The van der Waals surface area contributed by atoms with Crippen LogP contribution in [0.3, 0.4) is 0 Å². The second-order valence-corrected chi connectivity index (χ2v) is 9.79. The van der Waals surface area contributed by atoms with Gasteiger partial charge in [-0.15, -0.1) is 0 Å². The summed E-state index contributed by atoms with van der Waals surface area (Å²) < 4.78 is 11.3. The van der Waals surface area contributed by atoms with Crippen LogP contribution >= 0.6 is 11.8 Å². The van der Waals surface area contributed by atoms with Gasteiger partial charge < -0.3 is 14.4 Å². The van der Waals surface area contributed by atoms with Crippen molar-refractivity contribution in [1.29, 1.82) is 0 Å². The number of nitrogens with zero attached hydrogens (tertiary/aromatic N) is 1. The molecule has 4 unspecified atom stereocenters. The van der Waals surface area contributed by atoms with E-state index in [-0.39, 0.29) is 18.1 Å². The summed E-state index contributed by atoms with van der Waals surface area (Å²) in [4.78, 5) is 15.3. The lowest BCUT2D eigenvalue weighted by atomic mass is 9.85. The van der Waals surface area contributed by atoms with Crippen LogP contribution in [0.1, 0.15) is 64.2 Å². The maximum Gasteiger partial charge on any atom is 0.246 e. The van der Waals surface area contributed by atoms with E-state index in [4.69, 9.17) is 9.47 Å². The minimum atomic E-state index is 0.234. The molecular formula is C21H33NO3S. The third-order valence-electron chi connectivity index (χ3n) is 6.57. The third-order valence-corrected chi connectivity index (χ3v) is 7.95. The fourth-order valence-electron chi connectivity index (χ4n) is 5.02. The van der Waals surface area contributed by atoms with Crippen LogP contribution in [0.15, 0.2) is 12.2 Å². The highest BCUT2D eigenvalue weighted by atomic mass is 32.2. The van der Waals surface area contributed by atoms with Gasteiger partial charge in [0.2, 0.25) is 5.91 Å². The Morgan fingerprint density at radius 1 is 1.00 bits per heavy atom. The number of hydrogen-bond acceptors (Lipinski definition) is 4. The number of rotatable bonds is 5. The summed E-state index contributed by atoms with van der Waals surface area (Å²) >= 11 is 2.06. The fraction of sp³-hybridized carbons (Fsp3) is 0.857. The molecule has 2 saturated heterocycles. The Hall–Kier alpha value is -0.520. The molecule has 2 aliphatic heterocycles. The first-order valence-corrected chi connectivity index (χ1v) is 11.7. The Morgan fingerprint density at radius 2 is 1.85 bits per heavy atom. The molecule has 1 amide bonds. The topological polar surface area (TPSA) is 38.8 Å². The third kappa shape index (κ3) is 4.66. The lowest BCUT2D eigenvalue weighted by Crippen LogP contribution is -2.44. The summed E-state index contributed by atoms with van der Waals surface area (Å²) in [5.74, 6) is 1.96. The Morgan fingerprint density at radius 3 is 2.65 bits per heavy atom. The van der Waals surface area contributed by atoms with Gasteiger partial charge in [-0.25, -0.2) is 0 Å². The van der Waals surface area contributed by atoms with E-state index < -0.39 is 0 Å². The second kappa shape index (κ2) is 9.11. The number of ether oxygens (including phenoxy) is 2. The summed E-state index contributed by atoms with van der Waals surface area (Å²) in [6.45, 7) is 1.39. The molecule has 5 heteroatoms. The quantitative estimate of drug-likeness (QED) is 0.673. The molecule has 4 aliphatic rings. The zero-order valence-corrected chi connectivity index (χ0v) is 16.6. The molecular weight excluding hydrogens is 346 g/mol. The van der Waals surface area contributed by atoms with Gasteiger partial charge >= 0.3 is 0 Å². The highest BCUT2D eigenvalue weighted by molar-refractivity contribution is 8.00. The molecule has 26 heavy (non-hydrogen) atoms. The summed E-state index contributed by atoms with van der Waals surface area (Å²) in [6, 6.07) is 0.462. The van der Waals surface area contributed by atoms with Crippen molar-refractivity contribution in [2.24, 2.45) is 5.92 Å². The van der Waals surface area contributed by atoms with E-state index in [1.165, 1.54) is 50.7 Å². The maximum absolute atomic E-state index is 13.1. The number of carbonyl (C=O) groups is 1. The van der Waals surface area contributed by atoms with Gasteiger partial charge in [0.25, 0.3) is 0 Å². The van der Waals surface area contributed by atoms with Crippen molar-refractivity contribution in [2.75, 3.05) is 19.1 Å². The number of thioether (sulfide) groups is 1. The molecule has 4 nitrogen and oxygen atoms in total. The van der Waals surface area contributed by atoms with Gasteiger partial charge in [-0.3, -0.25) is 4.79 Å². The van der Waals surface area contributed by atoms with Crippen LogP contribution in [0.2, 0.25) is 0 Å². The van der Waals surface area contributed by atoms with E-state index in [0.29, 0.717) is 24.0 Å². The molecule has 0 bridgehead atoms. The van der Waals surface area contributed by atoms with Gasteiger partial charge in [-0.05, 0) is 62.7 Å². The smallest absolute Gasteiger partial charge is 0.246 e. The first-order valence-electron chi connectivity index (χ1n) is 10.6. The number of amides is 1. The molecule has 4 rings (SSSR count). The molecule has 2 saturated carbocycles. The number of fused-ring (bicyclic) bond motifs is 1. The van der Waals surface area contributed by atoms with Crippen LogP contribution in [0.5, 0.6) is 0 Å². The van der Waals surface area contributed by atoms with E-state index in [1.807, 2.05) is 6.08 Å². The van der Waals surface area contributed by atoms with Crippen LogP contribution in [0, 0.1) is 5.92 Å². The van der Waals surface area contributed by atoms with Crippen LogP contribution in [0.4, 0.5) is 0 Å². The van der Waals surface area contributed by atoms with Crippen molar-refractivity contribution in [3.05, 3.63) is 12.2 Å². The molecule has 2 heterocycles. The van der Waals surface area contributed by atoms with E-state index in [2.05, 4.69) is 22.7 Å². The summed E-state index contributed by atoms with van der Waals surface area (Å²) in [5.41, 5.74) is 0. The van der Waals surface area contributed by atoms with E-state index >= 15 is 0 Å². The molecule has 2 aliphatic carbocycles. The van der Waals surface area contributed by atoms with Crippen LogP contribution < -0.4 is 0 Å². The Balaban J connectivity index is 1.36.